The summed E-state index contributed by atoms with van der Waals surface area (Å²) in [6.45, 7) is 3.95. The van der Waals surface area contributed by atoms with Gasteiger partial charge < -0.3 is 5.73 Å². The van der Waals surface area contributed by atoms with Crippen LogP contribution in [-0.2, 0) is 7.05 Å². The van der Waals surface area contributed by atoms with E-state index in [0.29, 0.717) is 5.82 Å². The van der Waals surface area contributed by atoms with Gasteiger partial charge in [-0.15, -0.1) is 0 Å². The van der Waals surface area contributed by atoms with E-state index in [1.165, 1.54) is 0 Å². The molecule has 16 heavy (non-hydrogen) atoms. The van der Waals surface area contributed by atoms with Crippen LogP contribution in [0.4, 0.5) is 5.82 Å². The molecular weight excluding hydrogens is 222 g/mol. The lowest BCUT2D eigenvalue weighted by atomic mass is 10.1. The van der Waals surface area contributed by atoms with Crippen molar-refractivity contribution in [1.29, 1.82) is 0 Å². The molecule has 0 saturated carbocycles. The molecule has 0 atom stereocenters. The third-order valence-corrected chi connectivity index (χ3v) is 3.19. The summed E-state index contributed by atoms with van der Waals surface area (Å²) in [7, 11) is 1.84. The summed E-state index contributed by atoms with van der Waals surface area (Å²) in [6, 6.07) is 5.87. The van der Waals surface area contributed by atoms with E-state index in [-0.39, 0.29) is 0 Å². The van der Waals surface area contributed by atoms with Gasteiger partial charge in [-0.1, -0.05) is 17.7 Å². The number of aromatic nitrogens is 2. The fourth-order valence-electron chi connectivity index (χ4n) is 1.71. The molecule has 2 aromatic rings. The highest BCUT2D eigenvalue weighted by Gasteiger charge is 2.11. The van der Waals surface area contributed by atoms with Crippen molar-refractivity contribution in [1.82, 2.24) is 9.78 Å². The number of nitrogen functional groups attached to an aromatic ring is 1. The van der Waals surface area contributed by atoms with Crippen molar-refractivity contribution in [3.8, 4) is 11.3 Å². The Labute approximate surface area is 99.8 Å². The van der Waals surface area contributed by atoms with Crippen molar-refractivity contribution in [3.05, 3.63) is 34.3 Å². The van der Waals surface area contributed by atoms with Gasteiger partial charge in [-0.3, -0.25) is 4.68 Å². The molecule has 0 unspecified atom stereocenters. The van der Waals surface area contributed by atoms with Crippen LogP contribution in [0.15, 0.2) is 18.2 Å². The van der Waals surface area contributed by atoms with Crippen LogP contribution in [0, 0.1) is 13.8 Å². The summed E-state index contributed by atoms with van der Waals surface area (Å²) < 4.78 is 1.69. The second-order valence-electron chi connectivity index (χ2n) is 3.95. The fourth-order valence-corrected chi connectivity index (χ4v) is 1.83. The van der Waals surface area contributed by atoms with Gasteiger partial charge in [-0.05, 0) is 31.5 Å². The number of benzene rings is 1. The van der Waals surface area contributed by atoms with Crippen LogP contribution in [0.5, 0.6) is 0 Å². The van der Waals surface area contributed by atoms with Crippen LogP contribution in [0.1, 0.15) is 11.1 Å². The number of hydrogen-bond donors (Lipinski definition) is 1. The minimum absolute atomic E-state index is 0.697. The smallest absolute Gasteiger partial charge is 0.124 e. The van der Waals surface area contributed by atoms with Gasteiger partial charge in [0.15, 0.2) is 0 Å². The van der Waals surface area contributed by atoms with E-state index in [4.69, 9.17) is 17.3 Å². The maximum atomic E-state index is 5.99. The number of hydrogen-bond acceptors (Lipinski definition) is 2. The molecule has 0 spiro atoms. The van der Waals surface area contributed by atoms with Crippen molar-refractivity contribution in [2.45, 2.75) is 13.8 Å². The SMILES string of the molecule is Cc1cc(-c2nn(C)c(N)c2C)ccc1Cl. The van der Waals surface area contributed by atoms with Gasteiger partial charge in [0.25, 0.3) is 0 Å². The molecule has 0 saturated heterocycles. The number of nitrogens with two attached hydrogens (primary N) is 1. The van der Waals surface area contributed by atoms with E-state index in [1.54, 1.807) is 4.68 Å². The summed E-state index contributed by atoms with van der Waals surface area (Å²) in [5.41, 5.74) is 9.89. The molecule has 2 N–H and O–H groups in total. The minimum Gasteiger partial charge on any atom is -0.384 e. The van der Waals surface area contributed by atoms with E-state index in [2.05, 4.69) is 5.10 Å². The normalized spacial score (nSPS) is 10.8. The van der Waals surface area contributed by atoms with Crippen molar-refractivity contribution in [2.24, 2.45) is 7.05 Å². The van der Waals surface area contributed by atoms with Crippen molar-refractivity contribution in [3.63, 3.8) is 0 Å². The van der Waals surface area contributed by atoms with Gasteiger partial charge in [-0.2, -0.15) is 5.10 Å². The molecule has 84 valence electrons. The highest BCUT2D eigenvalue weighted by atomic mass is 35.5. The Balaban J connectivity index is 2.59. The van der Waals surface area contributed by atoms with Crippen LogP contribution >= 0.6 is 11.6 Å². The molecular formula is C12H14ClN3. The summed E-state index contributed by atoms with van der Waals surface area (Å²) in [4.78, 5) is 0. The molecule has 0 aliphatic rings. The topological polar surface area (TPSA) is 43.8 Å². The number of halogens is 1. The van der Waals surface area contributed by atoms with Crippen LogP contribution in [0.3, 0.4) is 0 Å². The molecule has 0 amide bonds. The number of aryl methyl sites for hydroxylation is 2. The van der Waals surface area contributed by atoms with E-state index in [1.807, 2.05) is 39.1 Å². The Morgan fingerprint density at radius 1 is 1.31 bits per heavy atom. The molecule has 2 rings (SSSR count). The maximum Gasteiger partial charge on any atom is 0.124 e. The van der Waals surface area contributed by atoms with Crippen LogP contribution < -0.4 is 5.73 Å². The summed E-state index contributed by atoms with van der Waals surface area (Å²) >= 11 is 5.99. The molecule has 1 aromatic heterocycles. The lowest BCUT2D eigenvalue weighted by molar-refractivity contribution is 0.782. The standard InChI is InChI=1S/C12H14ClN3/c1-7-6-9(4-5-10(7)13)11-8(2)12(14)16(3)15-11/h4-6H,14H2,1-3H3. The van der Waals surface area contributed by atoms with Crippen molar-refractivity contribution >= 4 is 17.4 Å². The second-order valence-corrected chi connectivity index (χ2v) is 4.35. The molecule has 0 fully saturated rings. The molecule has 0 bridgehead atoms. The average molecular weight is 236 g/mol. The lowest BCUT2D eigenvalue weighted by Crippen LogP contribution is -1.97. The molecule has 0 radical (unpaired) electrons. The van der Waals surface area contributed by atoms with Gasteiger partial charge >= 0.3 is 0 Å². The third kappa shape index (κ3) is 1.67. The van der Waals surface area contributed by atoms with Crippen molar-refractivity contribution < 1.29 is 0 Å². The minimum atomic E-state index is 0.697. The van der Waals surface area contributed by atoms with Crippen LogP contribution in [-0.4, -0.2) is 9.78 Å². The molecule has 0 aliphatic carbocycles. The quantitative estimate of drug-likeness (QED) is 0.826. The number of anilines is 1. The van der Waals surface area contributed by atoms with E-state index < -0.39 is 0 Å². The predicted octanol–water partition coefficient (Wildman–Crippen LogP) is 2.94. The first-order valence-electron chi connectivity index (χ1n) is 5.06. The molecule has 0 aliphatic heterocycles. The van der Waals surface area contributed by atoms with Gasteiger partial charge in [0.1, 0.15) is 5.82 Å². The monoisotopic (exact) mass is 235 g/mol. The molecule has 1 heterocycles. The van der Waals surface area contributed by atoms with E-state index >= 15 is 0 Å². The summed E-state index contributed by atoms with van der Waals surface area (Å²) in [5, 5.41) is 5.17. The largest absolute Gasteiger partial charge is 0.384 e. The zero-order valence-electron chi connectivity index (χ0n) is 9.58. The Bertz CT molecular complexity index is 543. The lowest BCUT2D eigenvalue weighted by Gasteiger charge is -2.02. The Morgan fingerprint density at radius 2 is 2.00 bits per heavy atom. The summed E-state index contributed by atoms with van der Waals surface area (Å²) in [6.07, 6.45) is 0. The molecule has 3 nitrogen and oxygen atoms in total. The zero-order chi connectivity index (χ0) is 11.9. The van der Waals surface area contributed by atoms with Crippen molar-refractivity contribution in [2.75, 3.05) is 5.73 Å². The van der Waals surface area contributed by atoms with E-state index in [9.17, 15) is 0 Å². The molecule has 1 aromatic carbocycles. The third-order valence-electron chi connectivity index (χ3n) is 2.77. The summed E-state index contributed by atoms with van der Waals surface area (Å²) in [5.74, 6) is 0.697. The predicted molar refractivity (Wildman–Crippen MR) is 67.5 cm³/mol. The Hall–Kier alpha value is -1.48. The van der Waals surface area contributed by atoms with Gasteiger partial charge in [0, 0.05) is 23.2 Å². The highest BCUT2D eigenvalue weighted by molar-refractivity contribution is 6.31. The van der Waals surface area contributed by atoms with E-state index in [0.717, 1.165) is 27.4 Å². The Morgan fingerprint density at radius 3 is 2.50 bits per heavy atom. The maximum absolute atomic E-state index is 5.99. The van der Waals surface area contributed by atoms with Gasteiger partial charge in [0.05, 0.1) is 5.69 Å². The second kappa shape index (κ2) is 3.83. The van der Waals surface area contributed by atoms with Gasteiger partial charge in [0.2, 0.25) is 0 Å². The average Bonchev–Trinajstić information content (AvgIpc) is 2.50. The molecule has 4 heteroatoms. The fraction of sp³-hybridized carbons (Fsp3) is 0.250. The zero-order valence-corrected chi connectivity index (χ0v) is 10.3. The first-order valence-corrected chi connectivity index (χ1v) is 5.44. The first kappa shape index (κ1) is 11.0. The van der Waals surface area contributed by atoms with Crippen LogP contribution in [0.2, 0.25) is 5.02 Å². The number of nitrogens with zero attached hydrogens (tertiary/aromatic N) is 2. The highest BCUT2D eigenvalue weighted by Crippen LogP contribution is 2.28. The Kier molecular flexibility index (Phi) is 2.64. The first-order chi connectivity index (χ1) is 7.50. The van der Waals surface area contributed by atoms with Crippen LogP contribution in [0.25, 0.3) is 11.3 Å². The number of rotatable bonds is 1. The van der Waals surface area contributed by atoms with Gasteiger partial charge in [-0.25, -0.2) is 0 Å².